The molecule has 0 aromatic carbocycles. The fraction of sp³-hybridized carbons (Fsp3) is 0.733. The predicted molar refractivity (Wildman–Crippen MR) is 109 cm³/mol. The number of phosphoric ester groups is 2. The largest absolute Gasteiger partial charge is 0.483 e. The summed E-state index contributed by atoms with van der Waals surface area (Å²) in [5, 5.41) is 40.0. The first kappa shape index (κ1) is 28.2. The van der Waals surface area contributed by atoms with Crippen molar-refractivity contribution in [2.75, 3.05) is 6.61 Å². The summed E-state index contributed by atoms with van der Waals surface area (Å²) in [7, 11) is -10.9. The summed E-state index contributed by atoms with van der Waals surface area (Å²) in [5.74, 6) is 0. The Bertz CT molecular complexity index is 1110. The van der Waals surface area contributed by atoms with Crippen molar-refractivity contribution >= 4 is 15.6 Å². The number of aromatic nitrogens is 2. The number of H-pyrrole nitrogens is 1. The van der Waals surface area contributed by atoms with Crippen LogP contribution in [0.15, 0.2) is 21.9 Å². The summed E-state index contributed by atoms with van der Waals surface area (Å²) in [5.41, 5.74) is 3.87. The molecule has 0 bridgehead atoms. The fourth-order valence-electron chi connectivity index (χ4n) is 3.33. The molecule has 0 aliphatic carbocycles. The number of aromatic amines is 1. The molecule has 11 unspecified atom stereocenters. The van der Waals surface area contributed by atoms with Gasteiger partial charge in [-0.05, 0) is 6.92 Å². The molecule has 2 fully saturated rings. The van der Waals surface area contributed by atoms with E-state index in [1.54, 1.807) is 0 Å². The Labute approximate surface area is 195 Å². The standard InChI is InChI=1S/C15H25N3O15P2/c1-5-8(16)10(21)12(23)14(30-5)32-35(27,28)33-34(25,26)29-4-6-9(20)11(22)13(31-6)18-3-2-7(19)17-15(18)24/h2-3,5-6,8-14,20-23H,4,16H2,1H3,(H,25,26)(H,27,28)(H,17,19,24). The van der Waals surface area contributed by atoms with Crippen molar-refractivity contribution in [3.63, 3.8) is 0 Å². The van der Waals surface area contributed by atoms with Gasteiger partial charge in [0.2, 0.25) is 0 Å². The van der Waals surface area contributed by atoms with Gasteiger partial charge in [-0.3, -0.25) is 23.4 Å². The van der Waals surface area contributed by atoms with E-state index in [1.165, 1.54) is 6.92 Å². The maximum atomic E-state index is 12.2. The molecule has 2 aliphatic heterocycles. The highest BCUT2D eigenvalue weighted by Crippen LogP contribution is 2.61. The highest BCUT2D eigenvalue weighted by atomic mass is 31.3. The molecule has 200 valence electrons. The first-order valence-electron chi connectivity index (χ1n) is 9.92. The van der Waals surface area contributed by atoms with Gasteiger partial charge in [0.05, 0.1) is 18.8 Å². The zero-order valence-electron chi connectivity index (χ0n) is 17.8. The van der Waals surface area contributed by atoms with Crippen LogP contribution in [0, 0.1) is 0 Å². The molecule has 1 aromatic rings. The number of ether oxygens (including phenoxy) is 2. The van der Waals surface area contributed by atoms with Crippen LogP contribution in [-0.4, -0.2) is 95.3 Å². The summed E-state index contributed by atoms with van der Waals surface area (Å²) >= 11 is 0. The average Bonchev–Trinajstić information content (AvgIpc) is 3.02. The predicted octanol–water partition coefficient (Wildman–Crippen LogP) is -3.80. The summed E-state index contributed by atoms with van der Waals surface area (Å²) in [6.45, 7) is 0.392. The minimum Gasteiger partial charge on any atom is -0.388 e. The second-order valence-electron chi connectivity index (χ2n) is 7.75. The Kier molecular flexibility index (Phi) is 8.52. The van der Waals surface area contributed by atoms with E-state index >= 15 is 0 Å². The zero-order chi connectivity index (χ0) is 26.3. The van der Waals surface area contributed by atoms with Crippen molar-refractivity contribution in [3.05, 3.63) is 33.1 Å². The molecule has 0 spiro atoms. The van der Waals surface area contributed by atoms with Crippen LogP contribution in [0.3, 0.4) is 0 Å². The Hall–Kier alpha value is -1.34. The smallest absolute Gasteiger partial charge is 0.388 e. The normalized spacial score (nSPS) is 39.1. The van der Waals surface area contributed by atoms with Gasteiger partial charge in [0.15, 0.2) is 12.5 Å². The van der Waals surface area contributed by atoms with Gasteiger partial charge in [-0.15, -0.1) is 0 Å². The number of aliphatic hydroxyl groups excluding tert-OH is 4. The van der Waals surface area contributed by atoms with E-state index in [0.29, 0.717) is 0 Å². The van der Waals surface area contributed by atoms with Gasteiger partial charge >= 0.3 is 21.3 Å². The van der Waals surface area contributed by atoms with Gasteiger partial charge < -0.3 is 45.4 Å². The molecular weight excluding hydrogens is 524 g/mol. The third kappa shape index (κ3) is 6.51. The van der Waals surface area contributed by atoms with Crippen LogP contribution in [0.2, 0.25) is 0 Å². The van der Waals surface area contributed by atoms with Gasteiger partial charge in [-0.2, -0.15) is 4.31 Å². The van der Waals surface area contributed by atoms with Crippen LogP contribution in [0.4, 0.5) is 0 Å². The lowest BCUT2D eigenvalue weighted by Crippen LogP contribution is -2.60. The van der Waals surface area contributed by atoms with Gasteiger partial charge in [-0.25, -0.2) is 13.9 Å². The van der Waals surface area contributed by atoms with Crippen LogP contribution in [-0.2, 0) is 32.0 Å². The van der Waals surface area contributed by atoms with Crippen LogP contribution in [0.25, 0.3) is 0 Å². The minimum absolute atomic E-state index is 0.730. The monoisotopic (exact) mass is 549 g/mol. The third-order valence-corrected chi connectivity index (χ3v) is 7.82. The summed E-state index contributed by atoms with van der Waals surface area (Å²) < 4.78 is 48.6. The van der Waals surface area contributed by atoms with Gasteiger partial charge in [0.1, 0.15) is 30.5 Å². The lowest BCUT2D eigenvalue weighted by molar-refractivity contribution is -0.242. The molecule has 2 saturated heterocycles. The average molecular weight is 549 g/mol. The summed E-state index contributed by atoms with van der Waals surface area (Å²) in [6.07, 6.45) is -12.0. The lowest BCUT2D eigenvalue weighted by atomic mass is 9.98. The van der Waals surface area contributed by atoms with E-state index in [1.807, 2.05) is 4.98 Å². The van der Waals surface area contributed by atoms with Gasteiger partial charge in [0.25, 0.3) is 5.56 Å². The highest BCUT2D eigenvalue weighted by molar-refractivity contribution is 7.61. The number of aliphatic hydroxyl groups is 4. The molecule has 9 N–H and O–H groups in total. The van der Waals surface area contributed by atoms with E-state index in [0.717, 1.165) is 16.8 Å². The van der Waals surface area contributed by atoms with Crippen molar-refractivity contribution in [3.8, 4) is 0 Å². The molecule has 1 aromatic heterocycles. The number of hydrogen-bond donors (Lipinski definition) is 8. The quantitative estimate of drug-likeness (QED) is 0.144. The second-order valence-corrected chi connectivity index (χ2v) is 10.7. The first-order valence-corrected chi connectivity index (χ1v) is 12.9. The maximum absolute atomic E-state index is 12.2. The summed E-state index contributed by atoms with van der Waals surface area (Å²) in [4.78, 5) is 44.6. The van der Waals surface area contributed by atoms with Crippen LogP contribution in [0.5, 0.6) is 0 Å². The van der Waals surface area contributed by atoms with Crippen LogP contribution in [0.1, 0.15) is 13.2 Å². The zero-order valence-corrected chi connectivity index (χ0v) is 19.6. The van der Waals surface area contributed by atoms with E-state index < -0.39 is 88.7 Å². The molecular formula is C15H25N3O15P2. The summed E-state index contributed by atoms with van der Waals surface area (Å²) in [6, 6.07) is -0.108. The first-order chi connectivity index (χ1) is 16.1. The second kappa shape index (κ2) is 10.6. The highest BCUT2D eigenvalue weighted by Gasteiger charge is 2.48. The third-order valence-electron chi connectivity index (χ3n) is 5.22. The van der Waals surface area contributed by atoms with Crippen molar-refractivity contribution in [2.45, 2.75) is 62.1 Å². The van der Waals surface area contributed by atoms with Crippen molar-refractivity contribution in [2.24, 2.45) is 5.73 Å². The van der Waals surface area contributed by atoms with Gasteiger partial charge in [0, 0.05) is 12.3 Å². The Morgan fingerprint density at radius 2 is 1.71 bits per heavy atom. The topological polar surface area (TPSA) is 283 Å². The van der Waals surface area contributed by atoms with E-state index in [2.05, 4.69) is 13.4 Å². The number of rotatable bonds is 8. The number of nitrogens with zero attached hydrogens (tertiary/aromatic N) is 1. The van der Waals surface area contributed by atoms with Crippen molar-refractivity contribution in [1.82, 2.24) is 9.55 Å². The molecule has 18 nitrogen and oxygen atoms in total. The maximum Gasteiger partial charge on any atom is 0.483 e. The molecule has 11 atom stereocenters. The SMILES string of the molecule is CC1OC(OP(=O)(O)OP(=O)(O)OCC2OC(n3ccc(=O)[nH]c3=O)C(O)C2O)C(O)C(O)C1N. The minimum atomic E-state index is -5.46. The number of nitrogens with two attached hydrogens (primary N) is 1. The number of hydrogen-bond acceptors (Lipinski definition) is 14. The molecule has 0 amide bonds. The van der Waals surface area contributed by atoms with Crippen LogP contribution < -0.4 is 17.0 Å². The molecule has 35 heavy (non-hydrogen) atoms. The van der Waals surface area contributed by atoms with Gasteiger partial charge in [-0.1, -0.05) is 0 Å². The van der Waals surface area contributed by atoms with Crippen LogP contribution >= 0.6 is 15.6 Å². The van der Waals surface area contributed by atoms with E-state index in [-0.39, 0.29) is 0 Å². The Morgan fingerprint density at radius 3 is 2.34 bits per heavy atom. The molecule has 20 heteroatoms. The fourth-order valence-corrected chi connectivity index (χ4v) is 5.49. The Balaban J connectivity index is 1.61. The number of nitrogens with one attached hydrogen (secondary N) is 1. The molecule has 2 aliphatic rings. The van der Waals surface area contributed by atoms with E-state index in [4.69, 9.17) is 15.2 Å². The molecule has 0 radical (unpaired) electrons. The lowest BCUT2D eigenvalue weighted by Gasteiger charge is -2.39. The molecule has 3 rings (SSSR count). The Morgan fingerprint density at radius 1 is 1.06 bits per heavy atom. The molecule has 0 saturated carbocycles. The van der Waals surface area contributed by atoms with Crippen molar-refractivity contribution in [1.29, 1.82) is 0 Å². The molecule has 3 heterocycles. The number of phosphoric acid groups is 2. The van der Waals surface area contributed by atoms with E-state index in [9.17, 15) is 48.9 Å². The van der Waals surface area contributed by atoms with Crippen molar-refractivity contribution < 1.29 is 62.2 Å².